The molecular weight excluding hydrogens is 317 g/mol. The maximum atomic E-state index is 12.9. The zero-order valence-corrected chi connectivity index (χ0v) is 12.9. The number of aromatic nitrogens is 3. The summed E-state index contributed by atoms with van der Waals surface area (Å²) in [4.78, 5) is 12.1. The number of nitrogen functional groups attached to an aromatic ring is 1. The lowest BCUT2D eigenvalue weighted by molar-refractivity contribution is -0.115. The summed E-state index contributed by atoms with van der Waals surface area (Å²) in [6.07, 6.45) is 0. The highest BCUT2D eigenvalue weighted by molar-refractivity contribution is 8.00. The highest BCUT2D eigenvalue weighted by Crippen LogP contribution is 2.25. The summed E-state index contributed by atoms with van der Waals surface area (Å²) in [5.74, 6) is 5.51. The van der Waals surface area contributed by atoms with Crippen LogP contribution in [0.2, 0.25) is 5.02 Å². The highest BCUT2D eigenvalue weighted by atomic mass is 35.5. The Morgan fingerprint density at radius 3 is 2.81 bits per heavy atom. The number of benzene rings is 1. The zero-order chi connectivity index (χ0) is 15.6. The van der Waals surface area contributed by atoms with Gasteiger partial charge in [-0.25, -0.2) is 9.07 Å². The number of nitrogens with two attached hydrogens (primary N) is 1. The maximum absolute atomic E-state index is 12.9. The molecule has 2 aromatic rings. The van der Waals surface area contributed by atoms with Crippen molar-refractivity contribution in [1.82, 2.24) is 14.9 Å². The summed E-state index contributed by atoms with van der Waals surface area (Å²) in [6.45, 7) is 3.40. The lowest BCUT2D eigenvalue weighted by atomic mass is 10.3. The van der Waals surface area contributed by atoms with Gasteiger partial charge in [-0.3, -0.25) is 4.79 Å². The molecule has 0 unspecified atom stereocenters. The molecule has 6 nitrogen and oxygen atoms in total. The number of hydrogen-bond acceptors (Lipinski definition) is 5. The molecule has 0 saturated carbocycles. The van der Waals surface area contributed by atoms with Gasteiger partial charge in [-0.2, -0.15) is 0 Å². The first kappa shape index (κ1) is 15.6. The Kier molecular flexibility index (Phi) is 4.69. The normalized spacial score (nSPS) is 12.2. The van der Waals surface area contributed by atoms with E-state index in [2.05, 4.69) is 15.5 Å². The molecule has 0 aliphatic heterocycles. The highest BCUT2D eigenvalue weighted by Gasteiger charge is 2.19. The Balaban J connectivity index is 2.04. The minimum atomic E-state index is -0.475. The predicted octanol–water partition coefficient (Wildman–Crippen LogP) is 2.21. The fraction of sp³-hybridized carbons (Fsp3) is 0.250. The van der Waals surface area contributed by atoms with E-state index >= 15 is 0 Å². The van der Waals surface area contributed by atoms with Crippen molar-refractivity contribution < 1.29 is 9.18 Å². The van der Waals surface area contributed by atoms with Gasteiger partial charge >= 0.3 is 0 Å². The van der Waals surface area contributed by atoms with E-state index in [-0.39, 0.29) is 10.9 Å². The van der Waals surface area contributed by atoms with Crippen LogP contribution in [-0.2, 0) is 4.79 Å². The first-order valence-corrected chi connectivity index (χ1v) is 7.24. The Hall–Kier alpha value is -1.80. The van der Waals surface area contributed by atoms with Crippen LogP contribution in [0.15, 0.2) is 23.4 Å². The Labute approximate surface area is 129 Å². The third kappa shape index (κ3) is 3.64. The summed E-state index contributed by atoms with van der Waals surface area (Å²) in [7, 11) is 0. The second-order valence-corrected chi connectivity index (χ2v) is 5.99. The molecule has 1 heterocycles. The van der Waals surface area contributed by atoms with Crippen LogP contribution in [0.4, 0.5) is 10.1 Å². The first-order valence-electron chi connectivity index (χ1n) is 5.98. The van der Waals surface area contributed by atoms with Crippen molar-refractivity contribution in [2.24, 2.45) is 0 Å². The Bertz CT molecular complexity index is 678. The topological polar surface area (TPSA) is 85.8 Å². The molecule has 0 saturated heterocycles. The SMILES string of the molecule is Cc1nnc(S[C@@H](C)C(=O)Nc2ccc(F)cc2Cl)n1N. The van der Waals surface area contributed by atoms with Gasteiger partial charge in [0, 0.05) is 0 Å². The van der Waals surface area contributed by atoms with Gasteiger partial charge < -0.3 is 11.2 Å². The van der Waals surface area contributed by atoms with E-state index in [1.165, 1.54) is 16.8 Å². The molecule has 0 bridgehead atoms. The zero-order valence-electron chi connectivity index (χ0n) is 11.3. The van der Waals surface area contributed by atoms with Gasteiger partial charge in [-0.1, -0.05) is 23.4 Å². The number of carbonyl (C=O) groups is 1. The third-order valence-corrected chi connectivity index (χ3v) is 4.04. The molecular formula is C12H13ClFN5OS. The van der Waals surface area contributed by atoms with E-state index in [0.717, 1.165) is 17.8 Å². The number of thioether (sulfide) groups is 1. The number of carbonyl (C=O) groups excluding carboxylic acids is 1. The molecule has 1 amide bonds. The fourth-order valence-corrected chi connectivity index (χ4v) is 2.50. The van der Waals surface area contributed by atoms with Gasteiger partial charge in [0.25, 0.3) is 0 Å². The van der Waals surface area contributed by atoms with Crippen molar-refractivity contribution in [3.63, 3.8) is 0 Å². The minimum Gasteiger partial charge on any atom is -0.336 e. The molecule has 1 aromatic carbocycles. The average Bonchev–Trinajstić information content (AvgIpc) is 2.73. The summed E-state index contributed by atoms with van der Waals surface area (Å²) < 4.78 is 14.2. The molecule has 0 spiro atoms. The standard InChI is InChI=1S/C12H13ClFN5OS/c1-6(21-12-18-17-7(2)19(12)15)11(20)16-10-4-3-8(14)5-9(10)13/h3-6H,15H2,1-2H3,(H,16,20)/t6-/m0/s1. The quantitative estimate of drug-likeness (QED) is 0.663. The summed E-state index contributed by atoms with van der Waals surface area (Å²) in [6, 6.07) is 3.76. The lowest BCUT2D eigenvalue weighted by Gasteiger charge is -2.12. The van der Waals surface area contributed by atoms with Crippen molar-refractivity contribution in [2.45, 2.75) is 24.3 Å². The molecule has 9 heteroatoms. The molecule has 0 radical (unpaired) electrons. The molecule has 1 aromatic heterocycles. The Morgan fingerprint density at radius 2 is 2.24 bits per heavy atom. The van der Waals surface area contributed by atoms with Crippen molar-refractivity contribution in [3.8, 4) is 0 Å². The second-order valence-electron chi connectivity index (χ2n) is 4.27. The van der Waals surface area contributed by atoms with E-state index < -0.39 is 11.1 Å². The molecule has 21 heavy (non-hydrogen) atoms. The van der Waals surface area contributed by atoms with Crippen molar-refractivity contribution in [3.05, 3.63) is 34.9 Å². The van der Waals surface area contributed by atoms with E-state index in [1.807, 2.05) is 0 Å². The van der Waals surface area contributed by atoms with Crippen LogP contribution < -0.4 is 11.2 Å². The molecule has 0 aliphatic carbocycles. The maximum Gasteiger partial charge on any atom is 0.237 e. The molecule has 2 rings (SSSR count). The number of amides is 1. The predicted molar refractivity (Wildman–Crippen MR) is 80.3 cm³/mol. The molecule has 0 aliphatic rings. The van der Waals surface area contributed by atoms with Crippen LogP contribution in [0.3, 0.4) is 0 Å². The van der Waals surface area contributed by atoms with E-state index in [1.54, 1.807) is 13.8 Å². The second kappa shape index (κ2) is 6.31. The van der Waals surface area contributed by atoms with Crippen LogP contribution in [0.25, 0.3) is 0 Å². The Morgan fingerprint density at radius 1 is 1.52 bits per heavy atom. The van der Waals surface area contributed by atoms with Crippen molar-refractivity contribution in [1.29, 1.82) is 0 Å². The van der Waals surface area contributed by atoms with Gasteiger partial charge in [0.05, 0.1) is 16.0 Å². The van der Waals surface area contributed by atoms with Gasteiger partial charge in [-0.15, -0.1) is 10.2 Å². The number of halogens is 2. The molecule has 3 N–H and O–H groups in total. The number of aryl methyl sites for hydroxylation is 1. The smallest absolute Gasteiger partial charge is 0.237 e. The van der Waals surface area contributed by atoms with Crippen LogP contribution >= 0.6 is 23.4 Å². The van der Waals surface area contributed by atoms with Gasteiger partial charge in [0.1, 0.15) is 11.6 Å². The number of rotatable bonds is 4. The minimum absolute atomic E-state index is 0.137. The van der Waals surface area contributed by atoms with Crippen molar-refractivity contribution >= 4 is 35.0 Å². The number of anilines is 1. The summed E-state index contributed by atoms with van der Waals surface area (Å²) in [5.41, 5.74) is 0.348. The van der Waals surface area contributed by atoms with Crippen molar-refractivity contribution in [2.75, 3.05) is 11.2 Å². The van der Waals surface area contributed by atoms with Crippen LogP contribution in [-0.4, -0.2) is 26.0 Å². The van der Waals surface area contributed by atoms with Crippen LogP contribution in [0.1, 0.15) is 12.7 Å². The van der Waals surface area contributed by atoms with Gasteiger partial charge in [-0.05, 0) is 32.0 Å². The number of hydrogen-bond donors (Lipinski definition) is 2. The molecule has 0 fully saturated rings. The van der Waals surface area contributed by atoms with Crippen LogP contribution in [0, 0.1) is 12.7 Å². The molecule has 1 atom stereocenters. The van der Waals surface area contributed by atoms with Gasteiger partial charge in [0.15, 0.2) is 0 Å². The lowest BCUT2D eigenvalue weighted by Crippen LogP contribution is -2.23. The number of nitrogens with zero attached hydrogens (tertiary/aromatic N) is 3. The monoisotopic (exact) mass is 329 g/mol. The van der Waals surface area contributed by atoms with E-state index in [4.69, 9.17) is 17.4 Å². The molecule has 112 valence electrons. The summed E-state index contributed by atoms with van der Waals surface area (Å²) in [5, 5.41) is 10.4. The number of nitrogens with one attached hydrogen (secondary N) is 1. The average molecular weight is 330 g/mol. The van der Waals surface area contributed by atoms with E-state index in [0.29, 0.717) is 16.7 Å². The summed E-state index contributed by atoms with van der Waals surface area (Å²) >= 11 is 7.02. The van der Waals surface area contributed by atoms with E-state index in [9.17, 15) is 9.18 Å². The fourth-order valence-electron chi connectivity index (χ4n) is 1.47. The van der Waals surface area contributed by atoms with Crippen LogP contribution in [0.5, 0.6) is 0 Å². The first-order chi connectivity index (χ1) is 9.88. The third-order valence-electron chi connectivity index (χ3n) is 2.68. The largest absolute Gasteiger partial charge is 0.336 e. The van der Waals surface area contributed by atoms with Gasteiger partial charge in [0.2, 0.25) is 11.1 Å².